The highest BCUT2D eigenvalue weighted by Gasteiger charge is 2.15. The number of methoxy groups -OCH3 is 1. The first kappa shape index (κ1) is 16.7. The number of thiazole rings is 1. The fraction of sp³-hybridized carbons (Fsp3) is 0.286. The number of nitrogens with zero attached hydrogens (tertiary/aromatic N) is 1. The van der Waals surface area contributed by atoms with Crippen LogP contribution in [0.4, 0.5) is 0 Å². The molecule has 0 aliphatic carbocycles. The summed E-state index contributed by atoms with van der Waals surface area (Å²) >= 11 is 1.74. The molecule has 0 unspecified atom stereocenters. The minimum absolute atomic E-state index is 0.172. The molecule has 3 heteroatoms. The van der Waals surface area contributed by atoms with Gasteiger partial charge in [-0.2, -0.15) is 0 Å². The highest BCUT2D eigenvalue weighted by molar-refractivity contribution is 7.18. The van der Waals surface area contributed by atoms with Crippen LogP contribution in [-0.4, -0.2) is 12.1 Å². The first-order valence-electron chi connectivity index (χ1n) is 8.11. The van der Waals surface area contributed by atoms with Crippen molar-refractivity contribution in [1.82, 2.24) is 4.98 Å². The number of hydrogen-bond acceptors (Lipinski definition) is 3. The summed E-state index contributed by atoms with van der Waals surface area (Å²) in [5, 5.41) is 1.07. The summed E-state index contributed by atoms with van der Waals surface area (Å²) in [7, 11) is 1.69. The van der Waals surface area contributed by atoms with Crippen LogP contribution in [0.3, 0.4) is 0 Å². The second kappa shape index (κ2) is 6.40. The third-order valence-corrected chi connectivity index (χ3v) is 5.40. The summed E-state index contributed by atoms with van der Waals surface area (Å²) in [5.41, 5.74) is 4.94. The van der Waals surface area contributed by atoms with E-state index in [1.165, 1.54) is 21.6 Å². The molecule has 1 heterocycles. The van der Waals surface area contributed by atoms with Gasteiger partial charge in [0.1, 0.15) is 10.8 Å². The molecular weight excluding hydrogens is 314 g/mol. The fourth-order valence-electron chi connectivity index (χ4n) is 2.64. The number of benzene rings is 2. The van der Waals surface area contributed by atoms with Gasteiger partial charge in [-0.3, -0.25) is 0 Å². The summed E-state index contributed by atoms with van der Waals surface area (Å²) in [6.07, 6.45) is 0. The standard InChI is InChI=1S/C21H23NOS/c1-14-19(15-8-12-18(23-5)13-9-15)24-20(22-14)16-6-10-17(11-7-16)21(2,3)4/h6-13H,1-5H3. The van der Waals surface area contributed by atoms with Gasteiger partial charge in [0.05, 0.1) is 17.7 Å². The molecule has 0 radical (unpaired) electrons. The van der Waals surface area contributed by atoms with Crippen LogP contribution in [-0.2, 0) is 5.41 Å². The normalized spacial score (nSPS) is 11.5. The second-order valence-electron chi connectivity index (χ2n) is 6.99. The van der Waals surface area contributed by atoms with E-state index in [-0.39, 0.29) is 5.41 Å². The quantitative estimate of drug-likeness (QED) is 0.577. The second-order valence-corrected chi connectivity index (χ2v) is 7.99. The van der Waals surface area contributed by atoms with Gasteiger partial charge < -0.3 is 4.74 Å². The van der Waals surface area contributed by atoms with E-state index in [2.05, 4.69) is 64.1 Å². The van der Waals surface area contributed by atoms with Crippen molar-refractivity contribution in [2.75, 3.05) is 7.11 Å². The smallest absolute Gasteiger partial charge is 0.124 e. The molecule has 2 aromatic carbocycles. The zero-order valence-electron chi connectivity index (χ0n) is 14.9. The van der Waals surface area contributed by atoms with E-state index in [1.54, 1.807) is 18.4 Å². The Morgan fingerprint density at radius 3 is 2.00 bits per heavy atom. The lowest BCUT2D eigenvalue weighted by atomic mass is 9.87. The number of ether oxygens (including phenoxy) is 1. The highest BCUT2D eigenvalue weighted by atomic mass is 32.1. The molecule has 3 aromatic rings. The lowest BCUT2D eigenvalue weighted by Gasteiger charge is -2.18. The molecular formula is C21H23NOS. The van der Waals surface area contributed by atoms with Gasteiger partial charge in [0.2, 0.25) is 0 Å². The van der Waals surface area contributed by atoms with Crippen LogP contribution < -0.4 is 4.74 Å². The molecule has 3 rings (SSSR count). The zero-order valence-corrected chi connectivity index (χ0v) is 15.7. The fourth-order valence-corrected chi connectivity index (χ4v) is 3.72. The van der Waals surface area contributed by atoms with Crippen molar-refractivity contribution < 1.29 is 4.74 Å². The lowest BCUT2D eigenvalue weighted by molar-refractivity contribution is 0.415. The number of aromatic nitrogens is 1. The molecule has 0 atom stereocenters. The molecule has 0 spiro atoms. The lowest BCUT2D eigenvalue weighted by Crippen LogP contribution is -2.10. The maximum Gasteiger partial charge on any atom is 0.124 e. The van der Waals surface area contributed by atoms with Crippen LogP contribution >= 0.6 is 11.3 Å². The van der Waals surface area contributed by atoms with Gasteiger partial charge in [0.25, 0.3) is 0 Å². The van der Waals surface area contributed by atoms with Crippen LogP contribution in [0, 0.1) is 6.92 Å². The molecule has 0 aliphatic rings. The molecule has 0 bridgehead atoms. The SMILES string of the molecule is COc1ccc(-c2sc(-c3ccc(C(C)(C)C)cc3)nc2C)cc1. The highest BCUT2D eigenvalue weighted by Crippen LogP contribution is 2.36. The van der Waals surface area contributed by atoms with Crippen molar-refractivity contribution in [3.63, 3.8) is 0 Å². The van der Waals surface area contributed by atoms with Crippen molar-refractivity contribution >= 4 is 11.3 Å². The van der Waals surface area contributed by atoms with Gasteiger partial charge >= 0.3 is 0 Å². The molecule has 0 aliphatic heterocycles. The van der Waals surface area contributed by atoms with Crippen molar-refractivity contribution in [3.8, 4) is 26.8 Å². The van der Waals surface area contributed by atoms with E-state index < -0.39 is 0 Å². The molecule has 2 nitrogen and oxygen atoms in total. The van der Waals surface area contributed by atoms with E-state index >= 15 is 0 Å². The number of aryl methyl sites for hydroxylation is 1. The van der Waals surface area contributed by atoms with Crippen LogP contribution in [0.25, 0.3) is 21.0 Å². The summed E-state index contributed by atoms with van der Waals surface area (Å²) in [6, 6.07) is 16.9. The summed E-state index contributed by atoms with van der Waals surface area (Å²) in [4.78, 5) is 5.99. The number of hydrogen-bond donors (Lipinski definition) is 0. The minimum atomic E-state index is 0.172. The van der Waals surface area contributed by atoms with Crippen LogP contribution in [0.5, 0.6) is 5.75 Å². The molecule has 0 saturated carbocycles. The third kappa shape index (κ3) is 3.36. The van der Waals surface area contributed by atoms with E-state index in [1.807, 2.05) is 12.1 Å². The molecule has 24 heavy (non-hydrogen) atoms. The zero-order chi connectivity index (χ0) is 17.3. The molecule has 0 fully saturated rings. The van der Waals surface area contributed by atoms with Crippen molar-refractivity contribution in [3.05, 3.63) is 59.8 Å². The molecule has 0 saturated heterocycles. The Morgan fingerprint density at radius 1 is 0.875 bits per heavy atom. The van der Waals surface area contributed by atoms with Gasteiger partial charge in [0, 0.05) is 5.56 Å². The van der Waals surface area contributed by atoms with Crippen molar-refractivity contribution in [2.24, 2.45) is 0 Å². The van der Waals surface area contributed by atoms with Gasteiger partial charge in [-0.15, -0.1) is 11.3 Å². The Balaban J connectivity index is 1.93. The maximum atomic E-state index is 5.24. The Bertz CT molecular complexity index is 824. The Kier molecular flexibility index (Phi) is 4.46. The summed E-state index contributed by atoms with van der Waals surface area (Å²) in [6.45, 7) is 8.77. The van der Waals surface area contributed by atoms with Crippen LogP contribution in [0.1, 0.15) is 32.0 Å². The average molecular weight is 337 g/mol. The predicted octanol–water partition coefficient (Wildman–Crippen LogP) is 6.09. The summed E-state index contributed by atoms with van der Waals surface area (Å²) in [5.74, 6) is 0.874. The van der Waals surface area contributed by atoms with Crippen LogP contribution in [0.2, 0.25) is 0 Å². The van der Waals surface area contributed by atoms with Crippen molar-refractivity contribution in [1.29, 1.82) is 0 Å². The van der Waals surface area contributed by atoms with Crippen molar-refractivity contribution in [2.45, 2.75) is 33.1 Å². The third-order valence-electron chi connectivity index (χ3n) is 4.15. The minimum Gasteiger partial charge on any atom is -0.497 e. The topological polar surface area (TPSA) is 22.1 Å². The Labute approximate surface area is 148 Å². The van der Waals surface area contributed by atoms with E-state index in [0.29, 0.717) is 0 Å². The van der Waals surface area contributed by atoms with E-state index in [4.69, 9.17) is 9.72 Å². The largest absolute Gasteiger partial charge is 0.497 e. The van der Waals surface area contributed by atoms with Crippen LogP contribution in [0.15, 0.2) is 48.5 Å². The van der Waals surface area contributed by atoms with Gasteiger partial charge in [0.15, 0.2) is 0 Å². The van der Waals surface area contributed by atoms with Gasteiger partial charge in [-0.1, -0.05) is 45.0 Å². The Morgan fingerprint density at radius 2 is 1.46 bits per heavy atom. The molecule has 0 N–H and O–H groups in total. The van der Waals surface area contributed by atoms with E-state index in [9.17, 15) is 0 Å². The first-order chi connectivity index (χ1) is 11.4. The monoisotopic (exact) mass is 337 g/mol. The predicted molar refractivity (Wildman–Crippen MR) is 103 cm³/mol. The maximum absolute atomic E-state index is 5.24. The number of rotatable bonds is 3. The average Bonchev–Trinajstić information content (AvgIpc) is 2.96. The Hall–Kier alpha value is -2.13. The molecule has 124 valence electrons. The van der Waals surface area contributed by atoms with Gasteiger partial charge in [-0.05, 0) is 47.7 Å². The summed E-state index contributed by atoms with van der Waals surface area (Å²) < 4.78 is 5.24. The van der Waals surface area contributed by atoms with Gasteiger partial charge in [-0.25, -0.2) is 4.98 Å². The van der Waals surface area contributed by atoms with E-state index in [0.717, 1.165) is 16.5 Å². The first-order valence-corrected chi connectivity index (χ1v) is 8.93. The molecule has 1 aromatic heterocycles. The molecule has 0 amide bonds.